The van der Waals surface area contributed by atoms with Gasteiger partial charge in [0.1, 0.15) is 5.75 Å². The minimum Gasteiger partial charge on any atom is -0.497 e. The number of anilines is 2. The third kappa shape index (κ3) is 3.60. The highest BCUT2D eigenvalue weighted by Gasteiger charge is 2.24. The number of ether oxygens (including phenoxy) is 1. The molecule has 3 aromatic rings. The van der Waals surface area contributed by atoms with Crippen molar-refractivity contribution in [2.75, 3.05) is 30.4 Å². The van der Waals surface area contributed by atoms with Gasteiger partial charge in [-0.05, 0) is 38.0 Å². The number of aliphatic hydroxyl groups excluding tert-OH is 1. The molecule has 1 fully saturated rings. The first-order chi connectivity index (χ1) is 13.5. The molecule has 0 bridgehead atoms. The van der Waals surface area contributed by atoms with Gasteiger partial charge in [-0.2, -0.15) is 9.97 Å². The Morgan fingerprint density at radius 1 is 1.25 bits per heavy atom. The quantitative estimate of drug-likeness (QED) is 0.677. The summed E-state index contributed by atoms with van der Waals surface area (Å²) in [5.74, 6) is 2.17. The van der Waals surface area contributed by atoms with E-state index in [1.807, 2.05) is 40.1 Å². The van der Waals surface area contributed by atoms with Gasteiger partial charge >= 0.3 is 0 Å². The predicted molar refractivity (Wildman–Crippen MR) is 109 cm³/mol. The van der Waals surface area contributed by atoms with E-state index in [0.29, 0.717) is 24.9 Å². The fraction of sp³-hybridized carbons (Fsp3) is 0.450. The molecule has 148 valence electrons. The van der Waals surface area contributed by atoms with E-state index in [1.165, 1.54) is 0 Å². The standard InChI is InChI=1S/C20H26N6O2/c1-13(2)26-12-22-17-18(21-10-14-4-6-16(28-3)7-5-14)23-20(24-19(17)26)25-9-8-15(27)11-25/h4-7,12-13,15,27H,8-11H2,1-3H3,(H,21,23,24). The summed E-state index contributed by atoms with van der Waals surface area (Å²) < 4.78 is 7.26. The molecule has 0 spiro atoms. The van der Waals surface area contributed by atoms with Crippen LogP contribution >= 0.6 is 0 Å². The van der Waals surface area contributed by atoms with Crippen LogP contribution in [0.2, 0.25) is 0 Å². The van der Waals surface area contributed by atoms with Crippen LogP contribution < -0.4 is 15.0 Å². The summed E-state index contributed by atoms with van der Waals surface area (Å²) in [6.45, 7) is 6.13. The van der Waals surface area contributed by atoms with Gasteiger partial charge in [-0.3, -0.25) is 0 Å². The molecule has 1 atom stereocenters. The van der Waals surface area contributed by atoms with Gasteiger partial charge in [-0.25, -0.2) is 4.98 Å². The fourth-order valence-electron chi connectivity index (χ4n) is 3.40. The first kappa shape index (κ1) is 18.5. The summed E-state index contributed by atoms with van der Waals surface area (Å²) in [6, 6.07) is 8.17. The van der Waals surface area contributed by atoms with Crippen molar-refractivity contribution in [2.24, 2.45) is 0 Å². The lowest BCUT2D eigenvalue weighted by molar-refractivity contribution is 0.198. The SMILES string of the molecule is COc1ccc(CNc2nc(N3CCC(O)C3)nc3c2ncn3C(C)C)cc1. The number of fused-ring (bicyclic) bond motifs is 1. The molecule has 1 unspecified atom stereocenters. The number of imidazole rings is 1. The molecule has 0 aliphatic carbocycles. The maximum absolute atomic E-state index is 9.90. The second-order valence-electron chi connectivity index (χ2n) is 7.38. The molecule has 2 aromatic heterocycles. The van der Waals surface area contributed by atoms with Crippen molar-refractivity contribution >= 4 is 22.9 Å². The lowest BCUT2D eigenvalue weighted by Gasteiger charge is -2.18. The lowest BCUT2D eigenvalue weighted by atomic mass is 10.2. The second kappa shape index (κ2) is 7.63. The monoisotopic (exact) mass is 382 g/mol. The third-order valence-corrected chi connectivity index (χ3v) is 5.03. The molecule has 1 aliphatic rings. The van der Waals surface area contributed by atoms with Crippen LogP contribution in [-0.2, 0) is 6.54 Å². The zero-order valence-corrected chi connectivity index (χ0v) is 16.5. The summed E-state index contributed by atoms with van der Waals surface area (Å²) in [5.41, 5.74) is 2.68. The molecule has 1 saturated heterocycles. The second-order valence-corrected chi connectivity index (χ2v) is 7.38. The molecule has 4 rings (SSSR count). The molecule has 3 heterocycles. The van der Waals surface area contributed by atoms with Crippen molar-refractivity contribution in [3.63, 3.8) is 0 Å². The number of nitrogens with one attached hydrogen (secondary N) is 1. The highest BCUT2D eigenvalue weighted by molar-refractivity contribution is 5.84. The summed E-state index contributed by atoms with van der Waals surface area (Å²) in [5, 5.41) is 13.3. The zero-order valence-electron chi connectivity index (χ0n) is 16.5. The van der Waals surface area contributed by atoms with Crippen LogP contribution in [0.15, 0.2) is 30.6 Å². The maximum atomic E-state index is 9.90. The minimum atomic E-state index is -0.329. The van der Waals surface area contributed by atoms with Gasteiger partial charge in [0, 0.05) is 25.7 Å². The first-order valence-corrected chi connectivity index (χ1v) is 9.59. The molecule has 0 radical (unpaired) electrons. The predicted octanol–water partition coefficient (Wildman–Crippen LogP) is 2.60. The molecule has 8 heteroatoms. The molecule has 0 amide bonds. The molecule has 1 aliphatic heterocycles. The summed E-state index contributed by atoms with van der Waals surface area (Å²) in [7, 11) is 1.66. The Labute approximate surface area is 164 Å². The van der Waals surface area contributed by atoms with Crippen LogP contribution in [0.5, 0.6) is 5.75 Å². The highest BCUT2D eigenvalue weighted by Crippen LogP contribution is 2.27. The highest BCUT2D eigenvalue weighted by atomic mass is 16.5. The van der Waals surface area contributed by atoms with E-state index in [1.54, 1.807) is 7.11 Å². The normalized spacial score (nSPS) is 16.9. The number of aromatic nitrogens is 4. The number of nitrogens with zero attached hydrogens (tertiary/aromatic N) is 5. The summed E-state index contributed by atoms with van der Waals surface area (Å²) in [4.78, 5) is 16.1. The lowest BCUT2D eigenvalue weighted by Crippen LogP contribution is -2.24. The number of methoxy groups -OCH3 is 1. The van der Waals surface area contributed by atoms with Crippen molar-refractivity contribution in [3.8, 4) is 5.75 Å². The number of aliphatic hydroxyl groups is 1. The van der Waals surface area contributed by atoms with E-state index in [2.05, 4.69) is 24.1 Å². The maximum Gasteiger partial charge on any atom is 0.229 e. The van der Waals surface area contributed by atoms with Crippen LogP contribution in [0.25, 0.3) is 11.2 Å². The van der Waals surface area contributed by atoms with Crippen LogP contribution in [0, 0.1) is 0 Å². The molecule has 1 aromatic carbocycles. The number of rotatable bonds is 6. The number of β-amino-alcohol motifs (C(OH)–C–C–N with tert-alkyl or cyclic N) is 1. The Hall–Kier alpha value is -2.87. The van der Waals surface area contributed by atoms with Gasteiger partial charge in [0.2, 0.25) is 5.95 Å². The summed E-state index contributed by atoms with van der Waals surface area (Å²) in [6.07, 6.45) is 2.22. The smallest absolute Gasteiger partial charge is 0.229 e. The van der Waals surface area contributed by atoms with Crippen LogP contribution in [-0.4, -0.2) is 50.9 Å². The Morgan fingerprint density at radius 3 is 2.68 bits per heavy atom. The average Bonchev–Trinajstić information content (AvgIpc) is 3.32. The molecule has 2 N–H and O–H groups in total. The van der Waals surface area contributed by atoms with E-state index < -0.39 is 0 Å². The van der Waals surface area contributed by atoms with Crippen molar-refractivity contribution in [2.45, 2.75) is 39.0 Å². The number of hydrogen-bond acceptors (Lipinski definition) is 7. The third-order valence-electron chi connectivity index (χ3n) is 5.03. The Morgan fingerprint density at radius 2 is 2.04 bits per heavy atom. The van der Waals surface area contributed by atoms with E-state index in [0.717, 1.165) is 35.4 Å². The molecular weight excluding hydrogens is 356 g/mol. The van der Waals surface area contributed by atoms with Gasteiger partial charge in [-0.15, -0.1) is 0 Å². The zero-order chi connectivity index (χ0) is 19.7. The minimum absolute atomic E-state index is 0.242. The largest absolute Gasteiger partial charge is 0.497 e. The van der Waals surface area contributed by atoms with Crippen LogP contribution in [0.3, 0.4) is 0 Å². The number of benzene rings is 1. The van der Waals surface area contributed by atoms with Crippen molar-refractivity contribution < 1.29 is 9.84 Å². The number of hydrogen-bond donors (Lipinski definition) is 2. The first-order valence-electron chi connectivity index (χ1n) is 9.59. The van der Waals surface area contributed by atoms with E-state index in [9.17, 15) is 5.11 Å². The van der Waals surface area contributed by atoms with Crippen molar-refractivity contribution in [3.05, 3.63) is 36.2 Å². The topological polar surface area (TPSA) is 88.3 Å². The van der Waals surface area contributed by atoms with Crippen LogP contribution in [0.1, 0.15) is 31.9 Å². The fourth-order valence-corrected chi connectivity index (χ4v) is 3.40. The van der Waals surface area contributed by atoms with Gasteiger partial charge in [0.15, 0.2) is 17.0 Å². The molecule has 28 heavy (non-hydrogen) atoms. The van der Waals surface area contributed by atoms with Gasteiger partial charge in [0.25, 0.3) is 0 Å². The van der Waals surface area contributed by atoms with E-state index in [4.69, 9.17) is 14.7 Å². The van der Waals surface area contributed by atoms with E-state index in [-0.39, 0.29) is 12.1 Å². The van der Waals surface area contributed by atoms with Gasteiger partial charge in [-0.1, -0.05) is 12.1 Å². The van der Waals surface area contributed by atoms with Gasteiger partial charge in [0.05, 0.1) is 19.5 Å². The Bertz CT molecular complexity index is 953. The Kier molecular flexibility index (Phi) is 5.04. The van der Waals surface area contributed by atoms with E-state index >= 15 is 0 Å². The Balaban J connectivity index is 1.66. The molecule has 0 saturated carbocycles. The van der Waals surface area contributed by atoms with Crippen molar-refractivity contribution in [1.82, 2.24) is 19.5 Å². The van der Waals surface area contributed by atoms with Crippen molar-refractivity contribution in [1.29, 1.82) is 0 Å². The molecule has 8 nitrogen and oxygen atoms in total. The summed E-state index contributed by atoms with van der Waals surface area (Å²) >= 11 is 0. The van der Waals surface area contributed by atoms with Gasteiger partial charge < -0.3 is 24.6 Å². The van der Waals surface area contributed by atoms with Crippen LogP contribution in [0.4, 0.5) is 11.8 Å². The molecular formula is C20H26N6O2. The average molecular weight is 382 g/mol.